The number of nitrogens with zero attached hydrogens (tertiary/aromatic N) is 1. The summed E-state index contributed by atoms with van der Waals surface area (Å²) in [6.45, 7) is 7.21. The summed E-state index contributed by atoms with van der Waals surface area (Å²) in [5, 5.41) is 3.21. The minimum absolute atomic E-state index is 0.330. The molecule has 0 radical (unpaired) electrons. The predicted octanol–water partition coefficient (Wildman–Crippen LogP) is 2.69. The zero-order valence-electron chi connectivity index (χ0n) is 11.9. The predicted molar refractivity (Wildman–Crippen MR) is 77.2 cm³/mol. The maximum Gasteiger partial charge on any atom is 0.340 e. The van der Waals surface area contributed by atoms with E-state index in [1.807, 2.05) is 0 Å². The molecule has 5 nitrogen and oxygen atoms in total. The van der Waals surface area contributed by atoms with Crippen LogP contribution in [0.25, 0.3) is 0 Å². The highest BCUT2D eigenvalue weighted by Crippen LogP contribution is 2.21. The lowest BCUT2D eigenvalue weighted by atomic mass is 10.0. The van der Waals surface area contributed by atoms with E-state index in [0.29, 0.717) is 29.6 Å². The number of pyridine rings is 1. The number of nitrogens with two attached hydrogens (primary N) is 1. The second kappa shape index (κ2) is 7.61. The van der Waals surface area contributed by atoms with Gasteiger partial charge in [-0.25, -0.2) is 9.78 Å². The molecule has 0 saturated heterocycles. The van der Waals surface area contributed by atoms with Gasteiger partial charge in [0.05, 0.1) is 17.9 Å². The monoisotopic (exact) mass is 265 g/mol. The fourth-order valence-electron chi connectivity index (χ4n) is 1.82. The lowest BCUT2D eigenvalue weighted by molar-refractivity contribution is 0.0527. The molecule has 1 aromatic heterocycles. The number of nitrogen functional groups attached to an aromatic ring is 1. The Bertz CT molecular complexity index is 417. The van der Waals surface area contributed by atoms with Crippen LogP contribution in [0.5, 0.6) is 0 Å². The minimum atomic E-state index is -0.409. The Labute approximate surface area is 114 Å². The molecule has 0 aromatic carbocycles. The van der Waals surface area contributed by atoms with Gasteiger partial charge in [-0.15, -0.1) is 0 Å². The van der Waals surface area contributed by atoms with E-state index < -0.39 is 5.97 Å². The van der Waals surface area contributed by atoms with E-state index >= 15 is 0 Å². The first kappa shape index (κ1) is 15.3. The number of rotatable bonds is 7. The van der Waals surface area contributed by atoms with Crippen molar-refractivity contribution in [1.82, 2.24) is 4.98 Å². The van der Waals surface area contributed by atoms with Gasteiger partial charge in [-0.2, -0.15) is 0 Å². The van der Waals surface area contributed by atoms with Crippen molar-refractivity contribution < 1.29 is 9.53 Å². The van der Waals surface area contributed by atoms with E-state index in [0.717, 1.165) is 19.4 Å². The minimum Gasteiger partial charge on any atom is -0.462 e. The molecule has 1 rings (SSSR count). The molecule has 19 heavy (non-hydrogen) atoms. The summed E-state index contributed by atoms with van der Waals surface area (Å²) in [7, 11) is 0. The zero-order chi connectivity index (χ0) is 14.3. The smallest absolute Gasteiger partial charge is 0.340 e. The molecular formula is C14H23N3O2. The molecule has 0 unspecified atom stereocenters. The molecule has 1 aromatic rings. The SMILES string of the molecule is CCOC(=O)c1ccnc(NCC(CC)CC)c1N. The van der Waals surface area contributed by atoms with Crippen molar-refractivity contribution in [2.45, 2.75) is 33.6 Å². The summed E-state index contributed by atoms with van der Waals surface area (Å²) in [5.74, 6) is 0.720. The van der Waals surface area contributed by atoms with Gasteiger partial charge in [0.1, 0.15) is 5.82 Å². The van der Waals surface area contributed by atoms with Crippen LogP contribution in [0.4, 0.5) is 11.5 Å². The quantitative estimate of drug-likeness (QED) is 0.741. The number of aromatic nitrogens is 1. The number of hydrogen-bond donors (Lipinski definition) is 2. The summed E-state index contributed by atoms with van der Waals surface area (Å²) in [6.07, 6.45) is 3.76. The summed E-state index contributed by atoms with van der Waals surface area (Å²) in [4.78, 5) is 15.9. The average molecular weight is 265 g/mol. The molecule has 0 fully saturated rings. The number of esters is 1. The molecule has 106 valence electrons. The lowest BCUT2D eigenvalue weighted by Crippen LogP contribution is -2.16. The molecule has 0 aliphatic rings. The maximum atomic E-state index is 11.7. The van der Waals surface area contributed by atoms with Gasteiger partial charge in [0.15, 0.2) is 0 Å². The molecule has 0 atom stereocenters. The van der Waals surface area contributed by atoms with Crippen LogP contribution in [-0.4, -0.2) is 24.1 Å². The largest absolute Gasteiger partial charge is 0.462 e. The summed E-state index contributed by atoms with van der Waals surface area (Å²) in [5.41, 5.74) is 6.68. The van der Waals surface area contributed by atoms with Crippen LogP contribution in [0.1, 0.15) is 44.0 Å². The molecule has 0 aliphatic carbocycles. The normalized spacial score (nSPS) is 10.5. The Balaban J connectivity index is 2.80. The Morgan fingerprint density at radius 3 is 2.68 bits per heavy atom. The molecule has 0 amide bonds. The summed E-state index contributed by atoms with van der Waals surface area (Å²) >= 11 is 0. The number of hydrogen-bond acceptors (Lipinski definition) is 5. The molecule has 1 heterocycles. The number of carbonyl (C=O) groups is 1. The third kappa shape index (κ3) is 4.12. The van der Waals surface area contributed by atoms with E-state index in [9.17, 15) is 4.79 Å². The van der Waals surface area contributed by atoms with Crippen molar-refractivity contribution in [3.05, 3.63) is 17.8 Å². The molecule has 5 heteroatoms. The van der Waals surface area contributed by atoms with Crippen LogP contribution in [0, 0.1) is 5.92 Å². The first-order chi connectivity index (χ1) is 9.13. The first-order valence-electron chi connectivity index (χ1n) is 6.79. The van der Waals surface area contributed by atoms with E-state index in [4.69, 9.17) is 10.5 Å². The van der Waals surface area contributed by atoms with Crippen LogP contribution in [0.15, 0.2) is 12.3 Å². The van der Waals surface area contributed by atoms with E-state index in [2.05, 4.69) is 24.1 Å². The van der Waals surface area contributed by atoms with Gasteiger partial charge in [0.2, 0.25) is 0 Å². The van der Waals surface area contributed by atoms with Crippen molar-refractivity contribution >= 4 is 17.5 Å². The van der Waals surface area contributed by atoms with Gasteiger partial charge in [0, 0.05) is 12.7 Å². The summed E-state index contributed by atoms with van der Waals surface area (Å²) < 4.78 is 4.96. The average Bonchev–Trinajstić information content (AvgIpc) is 2.41. The molecule has 0 saturated carbocycles. The number of anilines is 2. The molecule has 3 N–H and O–H groups in total. The first-order valence-corrected chi connectivity index (χ1v) is 6.79. The maximum absolute atomic E-state index is 11.7. The van der Waals surface area contributed by atoms with Crippen LogP contribution in [-0.2, 0) is 4.74 Å². The van der Waals surface area contributed by atoms with Crippen LogP contribution in [0.3, 0.4) is 0 Å². The number of carbonyl (C=O) groups excluding carboxylic acids is 1. The van der Waals surface area contributed by atoms with Gasteiger partial charge >= 0.3 is 5.97 Å². The highest BCUT2D eigenvalue weighted by atomic mass is 16.5. The van der Waals surface area contributed by atoms with Crippen molar-refractivity contribution in [3.63, 3.8) is 0 Å². The Morgan fingerprint density at radius 2 is 2.11 bits per heavy atom. The van der Waals surface area contributed by atoms with Crippen molar-refractivity contribution in [1.29, 1.82) is 0 Å². The molecule has 0 aliphatic heterocycles. The highest BCUT2D eigenvalue weighted by Gasteiger charge is 2.14. The fraction of sp³-hybridized carbons (Fsp3) is 0.571. The van der Waals surface area contributed by atoms with Crippen LogP contribution < -0.4 is 11.1 Å². The standard InChI is InChI=1S/C14H23N3O2/c1-4-10(5-2)9-17-13-12(15)11(7-8-16-13)14(18)19-6-3/h7-8,10H,4-6,9,15H2,1-3H3,(H,16,17). The van der Waals surface area contributed by atoms with Crippen molar-refractivity contribution in [2.75, 3.05) is 24.2 Å². The van der Waals surface area contributed by atoms with Crippen LogP contribution in [0.2, 0.25) is 0 Å². The van der Waals surface area contributed by atoms with Gasteiger partial charge < -0.3 is 15.8 Å². The topological polar surface area (TPSA) is 77.2 Å². The van der Waals surface area contributed by atoms with Gasteiger partial charge in [-0.3, -0.25) is 0 Å². The Hall–Kier alpha value is -1.78. The second-order valence-electron chi connectivity index (χ2n) is 4.40. The Kier molecular flexibility index (Phi) is 6.12. The fourth-order valence-corrected chi connectivity index (χ4v) is 1.82. The van der Waals surface area contributed by atoms with Gasteiger partial charge in [0.25, 0.3) is 0 Å². The van der Waals surface area contributed by atoms with E-state index in [-0.39, 0.29) is 0 Å². The number of ether oxygens (including phenoxy) is 1. The number of nitrogens with one attached hydrogen (secondary N) is 1. The molecular weight excluding hydrogens is 242 g/mol. The second-order valence-corrected chi connectivity index (χ2v) is 4.40. The zero-order valence-corrected chi connectivity index (χ0v) is 11.9. The third-order valence-corrected chi connectivity index (χ3v) is 3.20. The van der Waals surface area contributed by atoms with E-state index in [1.165, 1.54) is 0 Å². The van der Waals surface area contributed by atoms with Crippen molar-refractivity contribution in [3.8, 4) is 0 Å². The lowest BCUT2D eigenvalue weighted by Gasteiger charge is -2.15. The highest BCUT2D eigenvalue weighted by molar-refractivity contribution is 5.97. The van der Waals surface area contributed by atoms with E-state index in [1.54, 1.807) is 19.2 Å². The van der Waals surface area contributed by atoms with Crippen LogP contribution >= 0.6 is 0 Å². The molecule has 0 bridgehead atoms. The molecule has 0 spiro atoms. The summed E-state index contributed by atoms with van der Waals surface area (Å²) in [6, 6.07) is 1.58. The van der Waals surface area contributed by atoms with Crippen molar-refractivity contribution in [2.24, 2.45) is 5.92 Å². The third-order valence-electron chi connectivity index (χ3n) is 3.20. The van der Waals surface area contributed by atoms with Gasteiger partial charge in [-0.05, 0) is 18.9 Å². The Morgan fingerprint density at radius 1 is 1.42 bits per heavy atom. The van der Waals surface area contributed by atoms with Gasteiger partial charge in [-0.1, -0.05) is 26.7 Å².